The molecule has 0 spiro atoms. The highest BCUT2D eigenvalue weighted by Gasteiger charge is 2.11. The highest BCUT2D eigenvalue weighted by Crippen LogP contribution is 2.33. The number of fused-ring (bicyclic) bond motifs is 2. The van der Waals surface area contributed by atoms with E-state index in [-0.39, 0.29) is 12.1 Å². The summed E-state index contributed by atoms with van der Waals surface area (Å²) in [5.74, 6) is 0. The number of anilines is 2. The number of benzene rings is 3. The first kappa shape index (κ1) is 19.7. The fourth-order valence-electron chi connectivity index (χ4n) is 3.50. The van der Waals surface area contributed by atoms with Crippen LogP contribution in [0.1, 0.15) is 19.4 Å². The average molecular weight is 399 g/mol. The monoisotopic (exact) mass is 399 g/mol. The second kappa shape index (κ2) is 8.82. The molecular formula is C25H25N3O2. The van der Waals surface area contributed by atoms with Gasteiger partial charge in [0.1, 0.15) is 0 Å². The molecule has 0 aliphatic rings. The van der Waals surface area contributed by atoms with E-state index in [9.17, 15) is 4.79 Å². The van der Waals surface area contributed by atoms with Gasteiger partial charge in [-0.15, -0.1) is 0 Å². The topological polar surface area (TPSA) is 63.2 Å². The number of alkyl carbamates (subject to hydrolysis) is 1. The molecule has 0 saturated heterocycles. The lowest BCUT2D eigenvalue weighted by Crippen LogP contribution is -2.31. The molecule has 1 aromatic heterocycles. The Balaban J connectivity index is 1.63. The molecule has 0 bridgehead atoms. The summed E-state index contributed by atoms with van der Waals surface area (Å²) in [7, 11) is 0. The van der Waals surface area contributed by atoms with Gasteiger partial charge in [0.15, 0.2) is 0 Å². The van der Waals surface area contributed by atoms with Crippen molar-refractivity contribution >= 4 is 39.3 Å². The molecule has 3 aromatic carbocycles. The minimum Gasteiger partial charge on any atom is -0.449 e. The summed E-state index contributed by atoms with van der Waals surface area (Å²) in [6, 6.07) is 24.4. The number of nitrogens with zero attached hydrogens (tertiary/aromatic N) is 1. The zero-order valence-electron chi connectivity index (χ0n) is 17.2. The van der Waals surface area contributed by atoms with E-state index < -0.39 is 0 Å². The lowest BCUT2D eigenvalue weighted by Gasteiger charge is -2.16. The Kier molecular flexibility index (Phi) is 5.80. The van der Waals surface area contributed by atoms with Crippen molar-refractivity contribution < 1.29 is 9.53 Å². The molecule has 0 atom stereocenters. The molecule has 0 unspecified atom stereocenters. The summed E-state index contributed by atoms with van der Waals surface area (Å²) in [5, 5.41) is 8.51. The van der Waals surface area contributed by atoms with Gasteiger partial charge in [-0.25, -0.2) is 9.78 Å². The van der Waals surface area contributed by atoms with E-state index >= 15 is 0 Å². The number of amides is 1. The van der Waals surface area contributed by atoms with Gasteiger partial charge in [0.2, 0.25) is 0 Å². The molecule has 30 heavy (non-hydrogen) atoms. The van der Waals surface area contributed by atoms with Crippen LogP contribution in [-0.2, 0) is 11.2 Å². The maximum absolute atomic E-state index is 11.8. The third-order valence-electron chi connectivity index (χ3n) is 4.88. The second-order valence-electron chi connectivity index (χ2n) is 7.49. The largest absolute Gasteiger partial charge is 0.449 e. The van der Waals surface area contributed by atoms with Crippen LogP contribution in [0.15, 0.2) is 72.8 Å². The Morgan fingerprint density at radius 1 is 0.900 bits per heavy atom. The van der Waals surface area contributed by atoms with E-state index in [1.807, 2.05) is 68.4 Å². The van der Waals surface area contributed by atoms with Crippen LogP contribution in [-0.4, -0.2) is 23.7 Å². The van der Waals surface area contributed by atoms with Crippen molar-refractivity contribution in [3.63, 3.8) is 0 Å². The molecule has 0 saturated carbocycles. The number of pyridine rings is 1. The van der Waals surface area contributed by atoms with Crippen molar-refractivity contribution in [3.8, 4) is 0 Å². The second-order valence-corrected chi connectivity index (χ2v) is 7.49. The third kappa shape index (κ3) is 4.35. The normalized spacial score (nSPS) is 11.0. The number of hydrogen-bond acceptors (Lipinski definition) is 4. The first-order valence-electron chi connectivity index (χ1n) is 10.2. The van der Waals surface area contributed by atoms with Crippen molar-refractivity contribution in [2.75, 3.05) is 11.9 Å². The highest BCUT2D eigenvalue weighted by molar-refractivity contribution is 6.08. The van der Waals surface area contributed by atoms with Gasteiger partial charge in [0.25, 0.3) is 0 Å². The summed E-state index contributed by atoms with van der Waals surface area (Å²) in [5.41, 5.74) is 5.00. The van der Waals surface area contributed by atoms with Gasteiger partial charge in [0.05, 0.1) is 23.3 Å². The highest BCUT2D eigenvalue weighted by atomic mass is 16.5. The molecule has 5 nitrogen and oxygen atoms in total. The minimum atomic E-state index is -0.387. The number of aromatic nitrogens is 1. The smallest absolute Gasteiger partial charge is 0.407 e. The number of carbonyl (C=O) groups is 1. The van der Waals surface area contributed by atoms with Crippen molar-refractivity contribution in [2.24, 2.45) is 0 Å². The molecule has 0 aliphatic heterocycles. The van der Waals surface area contributed by atoms with Gasteiger partial charge in [0, 0.05) is 28.9 Å². The van der Waals surface area contributed by atoms with E-state index in [0.29, 0.717) is 13.0 Å². The molecule has 2 N–H and O–H groups in total. The molecular weight excluding hydrogens is 374 g/mol. The molecule has 0 fully saturated rings. The van der Waals surface area contributed by atoms with Crippen molar-refractivity contribution in [3.05, 3.63) is 78.4 Å². The van der Waals surface area contributed by atoms with Gasteiger partial charge < -0.3 is 15.4 Å². The average Bonchev–Trinajstić information content (AvgIpc) is 2.74. The lowest BCUT2D eigenvalue weighted by molar-refractivity contribution is 0.145. The molecule has 1 heterocycles. The summed E-state index contributed by atoms with van der Waals surface area (Å²) in [6.07, 6.45) is 0.233. The predicted molar refractivity (Wildman–Crippen MR) is 122 cm³/mol. The molecule has 0 radical (unpaired) electrons. The van der Waals surface area contributed by atoms with Gasteiger partial charge in [-0.1, -0.05) is 54.6 Å². The molecule has 0 aliphatic carbocycles. The fraction of sp³-hybridized carbons (Fsp3) is 0.200. The zero-order valence-corrected chi connectivity index (χ0v) is 17.2. The van der Waals surface area contributed by atoms with Gasteiger partial charge in [-0.3, -0.25) is 0 Å². The Morgan fingerprint density at radius 3 is 2.17 bits per heavy atom. The van der Waals surface area contributed by atoms with Gasteiger partial charge >= 0.3 is 6.09 Å². The van der Waals surface area contributed by atoms with E-state index in [1.54, 1.807) is 0 Å². The maximum atomic E-state index is 11.8. The molecule has 4 aromatic rings. The number of para-hydroxylation sites is 3. The number of rotatable bonds is 6. The Labute approximate surface area is 176 Å². The summed E-state index contributed by atoms with van der Waals surface area (Å²) < 4.78 is 5.31. The van der Waals surface area contributed by atoms with Crippen LogP contribution in [0.2, 0.25) is 0 Å². The molecule has 152 valence electrons. The first-order valence-corrected chi connectivity index (χ1v) is 10.2. The molecule has 5 heteroatoms. The molecule has 4 rings (SSSR count). The number of nitrogens with one attached hydrogen (secondary N) is 2. The SMILES string of the molecule is CC(C)NC(=O)OCCc1ccccc1Nc1c2ccccc2nc2ccccc12. The Bertz CT molecular complexity index is 1130. The van der Waals surface area contributed by atoms with Crippen LogP contribution in [0.25, 0.3) is 21.8 Å². The van der Waals surface area contributed by atoms with Crippen LogP contribution in [0.5, 0.6) is 0 Å². The quantitative estimate of drug-likeness (QED) is 0.402. The summed E-state index contributed by atoms with van der Waals surface area (Å²) >= 11 is 0. The van der Waals surface area contributed by atoms with Crippen LogP contribution >= 0.6 is 0 Å². The van der Waals surface area contributed by atoms with Crippen molar-refractivity contribution in [1.29, 1.82) is 0 Å². The third-order valence-corrected chi connectivity index (χ3v) is 4.88. The summed E-state index contributed by atoms with van der Waals surface area (Å²) in [6.45, 7) is 4.13. The van der Waals surface area contributed by atoms with Gasteiger partial charge in [-0.05, 0) is 37.6 Å². The Hall–Kier alpha value is -3.60. The van der Waals surface area contributed by atoms with Crippen LogP contribution in [0, 0.1) is 0 Å². The maximum Gasteiger partial charge on any atom is 0.407 e. The van der Waals surface area contributed by atoms with Crippen LogP contribution in [0.4, 0.5) is 16.2 Å². The first-order chi connectivity index (χ1) is 14.6. The number of ether oxygens (including phenoxy) is 1. The number of carbonyl (C=O) groups excluding carboxylic acids is 1. The van der Waals surface area contributed by atoms with E-state index in [2.05, 4.69) is 28.8 Å². The molecule has 1 amide bonds. The minimum absolute atomic E-state index is 0.0553. The van der Waals surface area contributed by atoms with E-state index in [1.165, 1.54) is 0 Å². The van der Waals surface area contributed by atoms with E-state index in [4.69, 9.17) is 9.72 Å². The van der Waals surface area contributed by atoms with Crippen LogP contribution in [0.3, 0.4) is 0 Å². The lowest BCUT2D eigenvalue weighted by atomic mass is 10.1. The number of hydrogen-bond donors (Lipinski definition) is 2. The summed E-state index contributed by atoms with van der Waals surface area (Å²) in [4.78, 5) is 16.5. The zero-order chi connectivity index (χ0) is 20.9. The van der Waals surface area contributed by atoms with Crippen LogP contribution < -0.4 is 10.6 Å². The standard InChI is InChI=1S/C25H25N3O2/c1-17(2)26-25(29)30-16-15-18-9-3-6-12-21(18)28-24-19-10-4-7-13-22(19)27-23-14-8-5-11-20(23)24/h3-14,17H,15-16H2,1-2H3,(H,26,29)(H,27,28). The Morgan fingerprint density at radius 2 is 1.50 bits per heavy atom. The van der Waals surface area contributed by atoms with Gasteiger partial charge in [-0.2, -0.15) is 0 Å². The van der Waals surface area contributed by atoms with Crippen molar-refractivity contribution in [2.45, 2.75) is 26.3 Å². The predicted octanol–water partition coefficient (Wildman–Crippen LogP) is 5.81. The fourth-order valence-corrected chi connectivity index (χ4v) is 3.50. The van der Waals surface area contributed by atoms with E-state index in [0.717, 1.165) is 38.7 Å². The van der Waals surface area contributed by atoms with Crippen molar-refractivity contribution in [1.82, 2.24) is 10.3 Å².